The van der Waals surface area contributed by atoms with Crippen LogP contribution in [0.25, 0.3) is 11.3 Å². The Balaban J connectivity index is 2.51. The summed E-state index contributed by atoms with van der Waals surface area (Å²) in [7, 11) is 0. The van der Waals surface area contributed by atoms with Gasteiger partial charge in [0.15, 0.2) is 0 Å². The average molecular weight is 213 g/mol. The molecule has 2 aromatic rings. The molecule has 4 heteroatoms. The summed E-state index contributed by atoms with van der Waals surface area (Å²) in [6, 6.07) is 8.27. The quantitative estimate of drug-likeness (QED) is 0.731. The monoisotopic (exact) mass is 213 g/mol. The van der Waals surface area contributed by atoms with Gasteiger partial charge in [0.2, 0.25) is 5.82 Å². The number of hydrogen-bond acceptors (Lipinski definition) is 3. The van der Waals surface area contributed by atoms with Crippen LogP contribution in [0.15, 0.2) is 30.5 Å². The number of aryl methyl sites for hydroxylation is 1. The normalized spacial score (nSPS) is 9.81. The van der Waals surface area contributed by atoms with E-state index in [0.717, 1.165) is 5.56 Å². The van der Waals surface area contributed by atoms with Crippen LogP contribution in [0.3, 0.4) is 0 Å². The van der Waals surface area contributed by atoms with Crippen molar-refractivity contribution in [1.29, 1.82) is 5.26 Å². The molecular weight excluding hydrogens is 205 g/mol. The van der Waals surface area contributed by atoms with Gasteiger partial charge in [0.25, 0.3) is 0 Å². The third-order valence-corrected chi connectivity index (χ3v) is 2.21. The molecule has 1 aromatic carbocycles. The molecule has 0 atom stereocenters. The van der Waals surface area contributed by atoms with Crippen LogP contribution in [0, 0.1) is 24.1 Å². The predicted molar refractivity (Wildman–Crippen MR) is 56.9 cm³/mol. The molecule has 16 heavy (non-hydrogen) atoms. The van der Waals surface area contributed by atoms with E-state index in [0.29, 0.717) is 11.3 Å². The van der Waals surface area contributed by atoms with Crippen molar-refractivity contribution in [2.75, 3.05) is 0 Å². The largest absolute Gasteiger partial charge is 0.232 e. The molecule has 0 saturated heterocycles. The second kappa shape index (κ2) is 4.07. The SMILES string of the molecule is Cc1cc(-c2ccnc(C#N)n2)ccc1F. The molecule has 0 aliphatic rings. The van der Waals surface area contributed by atoms with Gasteiger partial charge in [-0.15, -0.1) is 0 Å². The maximum atomic E-state index is 13.1. The summed E-state index contributed by atoms with van der Waals surface area (Å²) in [4.78, 5) is 7.81. The fraction of sp³-hybridized carbons (Fsp3) is 0.0833. The fourth-order valence-corrected chi connectivity index (χ4v) is 1.38. The maximum absolute atomic E-state index is 13.1. The first-order valence-corrected chi connectivity index (χ1v) is 4.70. The number of benzene rings is 1. The lowest BCUT2D eigenvalue weighted by molar-refractivity contribution is 0.619. The van der Waals surface area contributed by atoms with Crippen LogP contribution in [0.5, 0.6) is 0 Å². The first-order chi connectivity index (χ1) is 7.70. The number of nitrogens with zero attached hydrogens (tertiary/aromatic N) is 3. The minimum Gasteiger partial charge on any atom is -0.227 e. The molecule has 0 unspecified atom stereocenters. The van der Waals surface area contributed by atoms with Gasteiger partial charge in [-0.1, -0.05) is 0 Å². The van der Waals surface area contributed by atoms with Crippen LogP contribution < -0.4 is 0 Å². The molecule has 78 valence electrons. The van der Waals surface area contributed by atoms with E-state index in [1.165, 1.54) is 12.3 Å². The van der Waals surface area contributed by atoms with E-state index in [2.05, 4.69) is 9.97 Å². The van der Waals surface area contributed by atoms with Gasteiger partial charge < -0.3 is 0 Å². The average Bonchev–Trinajstić information content (AvgIpc) is 2.33. The van der Waals surface area contributed by atoms with Gasteiger partial charge in [-0.25, -0.2) is 14.4 Å². The Bertz CT molecular complexity index is 573. The first kappa shape index (κ1) is 10.2. The van der Waals surface area contributed by atoms with Crippen LogP contribution in [-0.2, 0) is 0 Å². The van der Waals surface area contributed by atoms with Crippen molar-refractivity contribution in [2.24, 2.45) is 0 Å². The summed E-state index contributed by atoms with van der Waals surface area (Å²) >= 11 is 0. The van der Waals surface area contributed by atoms with E-state index < -0.39 is 0 Å². The molecule has 0 saturated carbocycles. The summed E-state index contributed by atoms with van der Waals surface area (Å²) in [5.74, 6) is -0.141. The van der Waals surface area contributed by atoms with Crippen LogP contribution in [0.2, 0.25) is 0 Å². The van der Waals surface area contributed by atoms with Crippen LogP contribution >= 0.6 is 0 Å². The number of hydrogen-bond donors (Lipinski definition) is 0. The fourth-order valence-electron chi connectivity index (χ4n) is 1.38. The van der Waals surface area contributed by atoms with Gasteiger partial charge in [-0.3, -0.25) is 0 Å². The maximum Gasteiger partial charge on any atom is 0.232 e. The summed E-state index contributed by atoms with van der Waals surface area (Å²) in [6.07, 6.45) is 1.51. The molecule has 1 heterocycles. The summed E-state index contributed by atoms with van der Waals surface area (Å²) < 4.78 is 13.1. The molecule has 0 fully saturated rings. The van der Waals surface area contributed by atoms with Crippen molar-refractivity contribution in [3.63, 3.8) is 0 Å². The summed E-state index contributed by atoms with van der Waals surface area (Å²) in [5, 5.41) is 8.67. The zero-order valence-electron chi connectivity index (χ0n) is 8.61. The molecule has 0 aliphatic heterocycles. The highest BCUT2D eigenvalue weighted by atomic mass is 19.1. The van der Waals surface area contributed by atoms with E-state index in [-0.39, 0.29) is 11.6 Å². The standard InChI is InChI=1S/C12H8FN3/c1-8-6-9(2-3-10(8)13)11-4-5-15-12(7-14)16-11/h2-6H,1H3. The second-order valence-electron chi connectivity index (χ2n) is 3.34. The van der Waals surface area contributed by atoms with E-state index in [1.807, 2.05) is 6.07 Å². The predicted octanol–water partition coefficient (Wildman–Crippen LogP) is 2.46. The summed E-state index contributed by atoms with van der Waals surface area (Å²) in [6.45, 7) is 1.69. The van der Waals surface area contributed by atoms with Crippen LogP contribution in [0.1, 0.15) is 11.4 Å². The highest BCUT2D eigenvalue weighted by molar-refractivity contribution is 5.60. The van der Waals surface area contributed by atoms with Gasteiger partial charge in [0, 0.05) is 11.8 Å². The molecule has 0 amide bonds. The van der Waals surface area contributed by atoms with Gasteiger partial charge in [-0.2, -0.15) is 5.26 Å². The molecule has 0 spiro atoms. The van der Waals surface area contributed by atoms with Crippen LogP contribution in [-0.4, -0.2) is 9.97 Å². The smallest absolute Gasteiger partial charge is 0.227 e. The van der Waals surface area contributed by atoms with Gasteiger partial charge in [-0.05, 0) is 36.8 Å². The molecule has 0 aliphatic carbocycles. The topological polar surface area (TPSA) is 49.6 Å². The molecule has 0 radical (unpaired) electrons. The van der Waals surface area contributed by atoms with Crippen LogP contribution in [0.4, 0.5) is 4.39 Å². The van der Waals surface area contributed by atoms with E-state index in [9.17, 15) is 4.39 Å². The minimum absolute atomic E-state index is 0.111. The summed E-state index contributed by atoms with van der Waals surface area (Å²) in [5.41, 5.74) is 1.95. The van der Waals surface area contributed by atoms with Crippen molar-refractivity contribution in [3.8, 4) is 17.3 Å². The highest BCUT2D eigenvalue weighted by Gasteiger charge is 2.04. The van der Waals surface area contributed by atoms with E-state index >= 15 is 0 Å². The van der Waals surface area contributed by atoms with Gasteiger partial charge in [0.1, 0.15) is 11.9 Å². The highest BCUT2D eigenvalue weighted by Crippen LogP contribution is 2.19. The van der Waals surface area contributed by atoms with E-state index in [4.69, 9.17) is 5.26 Å². The number of halogens is 1. The number of nitriles is 1. The zero-order valence-corrected chi connectivity index (χ0v) is 8.61. The second-order valence-corrected chi connectivity index (χ2v) is 3.34. The number of rotatable bonds is 1. The van der Waals surface area contributed by atoms with Crippen molar-refractivity contribution in [1.82, 2.24) is 9.97 Å². The van der Waals surface area contributed by atoms with Crippen molar-refractivity contribution >= 4 is 0 Å². The van der Waals surface area contributed by atoms with Crippen molar-refractivity contribution in [2.45, 2.75) is 6.92 Å². The lowest BCUT2D eigenvalue weighted by Gasteiger charge is -2.02. The Hall–Kier alpha value is -2.28. The Morgan fingerprint density at radius 1 is 1.31 bits per heavy atom. The van der Waals surface area contributed by atoms with Crippen molar-refractivity contribution in [3.05, 3.63) is 47.7 Å². The Morgan fingerprint density at radius 3 is 2.81 bits per heavy atom. The third kappa shape index (κ3) is 1.89. The number of aromatic nitrogens is 2. The lowest BCUT2D eigenvalue weighted by atomic mass is 10.1. The minimum atomic E-state index is -0.252. The Kier molecular flexibility index (Phi) is 2.61. The third-order valence-electron chi connectivity index (χ3n) is 2.21. The first-order valence-electron chi connectivity index (χ1n) is 4.70. The molecule has 0 N–H and O–H groups in total. The molecule has 2 rings (SSSR count). The Morgan fingerprint density at radius 2 is 2.12 bits per heavy atom. The Labute approximate surface area is 92.2 Å². The van der Waals surface area contributed by atoms with Gasteiger partial charge >= 0.3 is 0 Å². The molecule has 1 aromatic heterocycles. The molecule has 0 bridgehead atoms. The molecule has 3 nitrogen and oxygen atoms in total. The molecular formula is C12H8FN3. The van der Waals surface area contributed by atoms with Crippen molar-refractivity contribution < 1.29 is 4.39 Å². The van der Waals surface area contributed by atoms with E-state index in [1.54, 1.807) is 25.1 Å². The zero-order chi connectivity index (χ0) is 11.5. The lowest BCUT2D eigenvalue weighted by Crippen LogP contribution is -1.92. The van der Waals surface area contributed by atoms with Gasteiger partial charge in [0.05, 0.1) is 5.69 Å².